The molecule has 0 amide bonds. The average Bonchev–Trinajstić information content (AvgIpc) is 3.17. The third-order valence-electron chi connectivity index (χ3n) is 5.73. The molecule has 1 N–H and O–H groups in total. The highest BCUT2D eigenvalue weighted by atomic mass is 35.5. The second-order valence-corrected chi connectivity index (χ2v) is 7.54. The number of carbonyl (C=O) groups is 1. The molecule has 2 aromatic carbocycles. The van der Waals surface area contributed by atoms with Gasteiger partial charge in [-0.25, -0.2) is 4.79 Å². The topological polar surface area (TPSA) is 81.5 Å². The number of hydrogen-bond donors (Lipinski definition) is 1. The third kappa shape index (κ3) is 2.85. The fourth-order valence-electron chi connectivity index (χ4n) is 4.34. The molecule has 6 nitrogen and oxygen atoms in total. The van der Waals surface area contributed by atoms with Crippen LogP contribution in [0.3, 0.4) is 0 Å². The fraction of sp³-hybridized carbons (Fsp3) is 0.286. The second kappa shape index (κ2) is 6.95. The van der Waals surface area contributed by atoms with Gasteiger partial charge >= 0.3 is 5.97 Å². The van der Waals surface area contributed by atoms with Gasteiger partial charge in [0.25, 0.3) is 5.69 Å². The smallest absolute Gasteiger partial charge is 0.338 e. The van der Waals surface area contributed by atoms with E-state index in [4.69, 9.17) is 16.3 Å². The van der Waals surface area contributed by atoms with Crippen LogP contribution in [-0.4, -0.2) is 18.0 Å². The molecule has 7 heteroatoms. The molecule has 0 fully saturated rings. The molecule has 2 aromatic rings. The second-order valence-electron chi connectivity index (χ2n) is 7.14. The third-order valence-corrected chi connectivity index (χ3v) is 6.05. The summed E-state index contributed by atoms with van der Waals surface area (Å²) in [5, 5.41) is 15.0. The van der Waals surface area contributed by atoms with E-state index in [1.807, 2.05) is 19.1 Å². The van der Waals surface area contributed by atoms with Crippen LogP contribution in [0.4, 0.5) is 11.4 Å². The fourth-order valence-corrected chi connectivity index (χ4v) is 4.53. The molecule has 1 heterocycles. The van der Waals surface area contributed by atoms with Crippen molar-refractivity contribution in [3.63, 3.8) is 0 Å². The van der Waals surface area contributed by atoms with Gasteiger partial charge in [-0.05, 0) is 48.1 Å². The number of allylic oxidation sites excluding steroid dienone is 2. The highest BCUT2D eigenvalue weighted by Gasteiger charge is 2.39. The van der Waals surface area contributed by atoms with Crippen LogP contribution in [-0.2, 0) is 4.74 Å². The largest absolute Gasteiger partial charge is 0.465 e. The Kier molecular flexibility index (Phi) is 4.59. The Morgan fingerprint density at radius 2 is 2.11 bits per heavy atom. The molecule has 0 unspecified atom stereocenters. The number of rotatable bonds is 3. The molecule has 4 rings (SSSR count). The number of esters is 1. The van der Waals surface area contributed by atoms with Crippen LogP contribution in [0.15, 0.2) is 42.5 Å². The lowest BCUT2D eigenvalue weighted by atomic mass is 9.76. The lowest BCUT2D eigenvalue weighted by Crippen LogP contribution is -2.30. The monoisotopic (exact) mass is 398 g/mol. The first-order chi connectivity index (χ1) is 13.4. The van der Waals surface area contributed by atoms with E-state index in [1.54, 1.807) is 18.2 Å². The van der Waals surface area contributed by atoms with Crippen LogP contribution in [0, 0.1) is 23.0 Å². The standard InChI is InChI=1S/C21H19ClN2O4/c1-11-13(21(25)28-2)7-8-16-14-4-3-5-15(14)20(23-19(11)16)12-6-9-17(22)18(10-12)24(26)27/h3-4,6-10,14-15,20,23H,5H2,1-2H3/t14-,15+,20-/m1/s1. The lowest BCUT2D eigenvalue weighted by molar-refractivity contribution is -0.384. The Bertz CT molecular complexity index is 1020. The zero-order valence-corrected chi connectivity index (χ0v) is 16.2. The Balaban J connectivity index is 1.82. The summed E-state index contributed by atoms with van der Waals surface area (Å²) >= 11 is 5.99. The van der Waals surface area contributed by atoms with Gasteiger partial charge in [0.1, 0.15) is 5.02 Å². The number of nitro benzene ring substituents is 1. The number of nitrogens with one attached hydrogen (secondary N) is 1. The van der Waals surface area contributed by atoms with E-state index >= 15 is 0 Å². The summed E-state index contributed by atoms with van der Waals surface area (Å²) in [6.07, 6.45) is 5.20. The molecule has 0 spiro atoms. The van der Waals surface area contributed by atoms with Crippen molar-refractivity contribution in [1.29, 1.82) is 0 Å². The summed E-state index contributed by atoms with van der Waals surface area (Å²) in [6, 6.07) is 8.58. The number of halogens is 1. The normalized spacial score (nSPS) is 22.2. The zero-order chi connectivity index (χ0) is 20.0. The van der Waals surface area contributed by atoms with E-state index in [1.165, 1.54) is 7.11 Å². The molecule has 1 aliphatic carbocycles. The van der Waals surface area contributed by atoms with Gasteiger partial charge in [0, 0.05) is 17.7 Å². The molecule has 2 aliphatic rings. The number of anilines is 1. The number of benzene rings is 2. The lowest BCUT2D eigenvalue weighted by Gasteiger charge is -2.38. The maximum absolute atomic E-state index is 12.1. The van der Waals surface area contributed by atoms with Crippen molar-refractivity contribution in [2.75, 3.05) is 12.4 Å². The number of nitro groups is 1. The van der Waals surface area contributed by atoms with Crippen LogP contribution in [0.5, 0.6) is 0 Å². The first-order valence-corrected chi connectivity index (χ1v) is 9.39. The van der Waals surface area contributed by atoms with Gasteiger partial charge in [0.2, 0.25) is 0 Å². The summed E-state index contributed by atoms with van der Waals surface area (Å²) in [7, 11) is 1.36. The molecule has 0 saturated carbocycles. The van der Waals surface area contributed by atoms with E-state index in [9.17, 15) is 14.9 Å². The molecule has 0 bridgehead atoms. The van der Waals surface area contributed by atoms with Crippen molar-refractivity contribution in [3.8, 4) is 0 Å². The maximum atomic E-state index is 12.1. The Morgan fingerprint density at radius 1 is 1.32 bits per heavy atom. The zero-order valence-electron chi connectivity index (χ0n) is 15.4. The molecule has 1 aliphatic heterocycles. The molecular formula is C21H19ClN2O4. The molecule has 0 saturated heterocycles. The van der Waals surface area contributed by atoms with E-state index < -0.39 is 4.92 Å². The van der Waals surface area contributed by atoms with E-state index in [-0.39, 0.29) is 34.6 Å². The number of nitrogens with zero attached hydrogens (tertiary/aromatic N) is 1. The number of hydrogen-bond acceptors (Lipinski definition) is 5. The molecular weight excluding hydrogens is 380 g/mol. The molecule has 0 aromatic heterocycles. The predicted molar refractivity (Wildman–Crippen MR) is 107 cm³/mol. The summed E-state index contributed by atoms with van der Waals surface area (Å²) in [5.41, 5.74) is 4.05. The van der Waals surface area contributed by atoms with Crippen molar-refractivity contribution < 1.29 is 14.5 Å². The van der Waals surface area contributed by atoms with Gasteiger partial charge in [-0.1, -0.05) is 35.9 Å². The Morgan fingerprint density at radius 3 is 2.82 bits per heavy atom. The van der Waals surface area contributed by atoms with Crippen molar-refractivity contribution in [1.82, 2.24) is 0 Å². The van der Waals surface area contributed by atoms with Crippen molar-refractivity contribution >= 4 is 28.9 Å². The maximum Gasteiger partial charge on any atom is 0.338 e. The van der Waals surface area contributed by atoms with Gasteiger partial charge in [-0.2, -0.15) is 0 Å². The minimum atomic E-state index is -0.465. The van der Waals surface area contributed by atoms with Crippen molar-refractivity contribution in [2.24, 2.45) is 5.92 Å². The first kappa shape index (κ1) is 18.5. The predicted octanol–water partition coefficient (Wildman–Crippen LogP) is 5.17. The number of ether oxygens (including phenoxy) is 1. The highest BCUT2D eigenvalue weighted by molar-refractivity contribution is 6.32. The van der Waals surface area contributed by atoms with Crippen molar-refractivity contribution in [3.05, 3.63) is 79.9 Å². The number of carbonyl (C=O) groups excluding carboxylic acids is 1. The summed E-state index contributed by atoms with van der Waals surface area (Å²) < 4.78 is 4.89. The minimum Gasteiger partial charge on any atom is -0.465 e. The van der Waals surface area contributed by atoms with Gasteiger partial charge < -0.3 is 10.1 Å². The molecule has 28 heavy (non-hydrogen) atoms. The Labute approximate surface area is 167 Å². The number of methoxy groups -OCH3 is 1. The van der Waals surface area contributed by atoms with Gasteiger partial charge in [-0.15, -0.1) is 0 Å². The number of fused-ring (bicyclic) bond motifs is 3. The SMILES string of the molecule is COC(=O)c1ccc2c(c1C)N[C@H](c1ccc(Cl)c([N+](=O)[O-])c1)[C@H]1CC=C[C@@H]21. The van der Waals surface area contributed by atoms with Crippen LogP contribution in [0.2, 0.25) is 5.02 Å². The molecule has 0 radical (unpaired) electrons. The van der Waals surface area contributed by atoms with E-state index in [0.717, 1.165) is 28.8 Å². The van der Waals surface area contributed by atoms with Crippen LogP contribution in [0.1, 0.15) is 45.4 Å². The first-order valence-electron chi connectivity index (χ1n) is 9.01. The van der Waals surface area contributed by atoms with E-state index in [0.29, 0.717) is 5.56 Å². The summed E-state index contributed by atoms with van der Waals surface area (Å²) in [6.45, 7) is 1.89. The summed E-state index contributed by atoms with van der Waals surface area (Å²) in [5.74, 6) is 0.0305. The Hall–Kier alpha value is -2.86. The van der Waals surface area contributed by atoms with E-state index in [2.05, 4.69) is 17.5 Å². The minimum absolute atomic E-state index is 0.102. The van der Waals surface area contributed by atoms with Crippen LogP contribution >= 0.6 is 11.6 Å². The van der Waals surface area contributed by atoms with Gasteiger partial charge in [-0.3, -0.25) is 10.1 Å². The summed E-state index contributed by atoms with van der Waals surface area (Å²) in [4.78, 5) is 23.0. The quantitative estimate of drug-likeness (QED) is 0.334. The van der Waals surface area contributed by atoms with Crippen LogP contribution < -0.4 is 5.32 Å². The average molecular weight is 399 g/mol. The van der Waals surface area contributed by atoms with Gasteiger partial charge in [0.05, 0.1) is 23.6 Å². The highest BCUT2D eigenvalue weighted by Crippen LogP contribution is 2.51. The van der Waals surface area contributed by atoms with Gasteiger partial charge in [0.15, 0.2) is 0 Å². The molecule has 144 valence electrons. The van der Waals surface area contributed by atoms with Crippen molar-refractivity contribution in [2.45, 2.75) is 25.3 Å². The molecule has 3 atom stereocenters. The van der Waals surface area contributed by atoms with Crippen LogP contribution in [0.25, 0.3) is 0 Å².